The molecule has 5 nitrogen and oxygen atoms in total. The fourth-order valence-electron chi connectivity index (χ4n) is 4.13. The van der Waals surface area contributed by atoms with E-state index in [-0.39, 0.29) is 17.0 Å². The molecule has 2 aliphatic carbocycles. The van der Waals surface area contributed by atoms with Gasteiger partial charge in [-0.25, -0.2) is 13.1 Å². The van der Waals surface area contributed by atoms with E-state index in [4.69, 9.17) is 10.5 Å². The smallest absolute Gasteiger partial charge is 0.240 e. The lowest BCUT2D eigenvalue weighted by Gasteiger charge is -2.45. The fourth-order valence-corrected chi connectivity index (χ4v) is 5.53. The summed E-state index contributed by atoms with van der Waals surface area (Å²) >= 11 is 0. The van der Waals surface area contributed by atoms with Crippen molar-refractivity contribution in [3.63, 3.8) is 0 Å². The maximum Gasteiger partial charge on any atom is 0.240 e. The van der Waals surface area contributed by atoms with Gasteiger partial charge in [0.1, 0.15) is 5.75 Å². The molecule has 2 unspecified atom stereocenters. The first-order chi connectivity index (χ1) is 11.0. The molecule has 23 heavy (non-hydrogen) atoms. The largest absolute Gasteiger partial charge is 0.494 e. The molecule has 2 fully saturated rings. The second-order valence-electron chi connectivity index (χ2n) is 6.74. The number of sulfonamides is 1. The van der Waals surface area contributed by atoms with E-state index in [1.807, 2.05) is 6.92 Å². The first-order valence-corrected chi connectivity index (χ1v) is 9.98. The SMILES string of the molecule is CCOc1cccc(S(=O)(=O)NC2C3CCCC2CC(N)C3)c1. The number of fused-ring (bicyclic) bond motifs is 2. The molecule has 3 rings (SSSR count). The van der Waals surface area contributed by atoms with E-state index in [0.29, 0.717) is 24.2 Å². The van der Waals surface area contributed by atoms with Gasteiger partial charge in [0.15, 0.2) is 0 Å². The summed E-state index contributed by atoms with van der Waals surface area (Å²) in [6, 6.07) is 6.94. The summed E-state index contributed by atoms with van der Waals surface area (Å²) in [6.07, 6.45) is 5.15. The monoisotopic (exact) mass is 338 g/mol. The third kappa shape index (κ3) is 3.70. The average molecular weight is 338 g/mol. The first kappa shape index (κ1) is 16.7. The summed E-state index contributed by atoms with van der Waals surface area (Å²) < 4.78 is 33.9. The zero-order valence-corrected chi connectivity index (χ0v) is 14.4. The zero-order chi connectivity index (χ0) is 16.4. The van der Waals surface area contributed by atoms with E-state index in [2.05, 4.69) is 4.72 Å². The van der Waals surface area contributed by atoms with Crippen LogP contribution in [0.3, 0.4) is 0 Å². The summed E-state index contributed by atoms with van der Waals surface area (Å²) in [4.78, 5) is 0.274. The highest BCUT2D eigenvalue weighted by Crippen LogP contribution is 2.40. The average Bonchev–Trinajstić information content (AvgIpc) is 2.49. The quantitative estimate of drug-likeness (QED) is 0.863. The molecule has 128 valence electrons. The molecule has 1 aromatic carbocycles. The minimum absolute atomic E-state index is 0.0179. The van der Waals surface area contributed by atoms with Crippen LogP contribution in [-0.2, 0) is 10.0 Å². The highest BCUT2D eigenvalue weighted by atomic mass is 32.2. The van der Waals surface area contributed by atoms with Gasteiger partial charge in [-0.15, -0.1) is 0 Å². The molecular weight excluding hydrogens is 312 g/mol. The van der Waals surface area contributed by atoms with Crippen LogP contribution in [0.2, 0.25) is 0 Å². The fraction of sp³-hybridized carbons (Fsp3) is 0.647. The Balaban J connectivity index is 1.79. The summed E-state index contributed by atoms with van der Waals surface area (Å²) in [5.41, 5.74) is 6.12. The normalized spacial score (nSPS) is 30.9. The molecule has 0 aromatic heterocycles. The van der Waals surface area contributed by atoms with Crippen LogP contribution in [0.5, 0.6) is 5.75 Å². The maximum absolute atomic E-state index is 12.8. The van der Waals surface area contributed by atoms with Crippen molar-refractivity contribution in [3.05, 3.63) is 24.3 Å². The predicted molar refractivity (Wildman–Crippen MR) is 89.8 cm³/mol. The standard InChI is InChI=1S/C17H26N2O3S/c1-2-22-15-7-4-8-16(11-15)23(20,21)19-17-12-5-3-6-13(17)10-14(18)9-12/h4,7-8,11-14,17,19H,2-3,5-6,9-10,18H2,1H3. The van der Waals surface area contributed by atoms with Gasteiger partial charge in [-0.2, -0.15) is 0 Å². The Labute approximate surface area is 138 Å². The van der Waals surface area contributed by atoms with Crippen molar-refractivity contribution in [1.82, 2.24) is 4.72 Å². The molecule has 2 bridgehead atoms. The van der Waals surface area contributed by atoms with Gasteiger partial charge in [0.25, 0.3) is 0 Å². The van der Waals surface area contributed by atoms with Crippen molar-refractivity contribution < 1.29 is 13.2 Å². The Hall–Kier alpha value is -1.11. The molecule has 2 saturated carbocycles. The second-order valence-corrected chi connectivity index (χ2v) is 8.45. The molecule has 2 atom stereocenters. The summed E-state index contributed by atoms with van der Waals surface area (Å²) in [5.74, 6) is 1.31. The summed E-state index contributed by atoms with van der Waals surface area (Å²) in [7, 11) is -3.53. The highest BCUT2D eigenvalue weighted by Gasteiger charge is 2.41. The Morgan fingerprint density at radius 3 is 2.61 bits per heavy atom. The van der Waals surface area contributed by atoms with Gasteiger partial charge >= 0.3 is 0 Å². The molecule has 0 saturated heterocycles. The number of hydrogen-bond acceptors (Lipinski definition) is 4. The van der Waals surface area contributed by atoms with Gasteiger partial charge in [0, 0.05) is 18.2 Å². The van der Waals surface area contributed by atoms with Gasteiger partial charge in [0.2, 0.25) is 10.0 Å². The number of ether oxygens (including phenoxy) is 1. The van der Waals surface area contributed by atoms with E-state index < -0.39 is 10.0 Å². The number of nitrogens with two attached hydrogens (primary N) is 1. The topological polar surface area (TPSA) is 81.4 Å². The van der Waals surface area contributed by atoms with Gasteiger partial charge < -0.3 is 10.5 Å². The molecule has 0 aliphatic heterocycles. The lowest BCUT2D eigenvalue weighted by molar-refractivity contribution is 0.125. The van der Waals surface area contributed by atoms with Crippen LogP contribution >= 0.6 is 0 Å². The Morgan fingerprint density at radius 1 is 1.26 bits per heavy atom. The van der Waals surface area contributed by atoms with Crippen molar-refractivity contribution in [2.75, 3.05) is 6.61 Å². The van der Waals surface area contributed by atoms with Crippen LogP contribution in [-0.4, -0.2) is 27.1 Å². The molecule has 6 heteroatoms. The summed E-state index contributed by atoms with van der Waals surface area (Å²) in [6.45, 7) is 2.40. The van der Waals surface area contributed by atoms with Crippen LogP contribution in [0, 0.1) is 11.8 Å². The molecule has 0 spiro atoms. The van der Waals surface area contributed by atoms with Gasteiger partial charge in [-0.05, 0) is 56.6 Å². The number of rotatable bonds is 5. The molecular formula is C17H26N2O3S. The highest BCUT2D eigenvalue weighted by molar-refractivity contribution is 7.89. The van der Waals surface area contributed by atoms with Gasteiger partial charge in [-0.3, -0.25) is 0 Å². The molecule has 0 radical (unpaired) electrons. The van der Waals surface area contributed by atoms with E-state index in [0.717, 1.165) is 25.7 Å². The number of benzene rings is 1. The van der Waals surface area contributed by atoms with Crippen LogP contribution in [0.4, 0.5) is 0 Å². The van der Waals surface area contributed by atoms with Crippen molar-refractivity contribution in [3.8, 4) is 5.75 Å². The Bertz CT molecular complexity index is 633. The van der Waals surface area contributed by atoms with Crippen molar-refractivity contribution >= 4 is 10.0 Å². The second kappa shape index (κ2) is 6.79. The molecule has 1 aromatic rings. The Kier molecular flexibility index (Phi) is 4.94. The predicted octanol–water partition coefficient (Wildman–Crippen LogP) is 2.27. The minimum Gasteiger partial charge on any atom is -0.494 e. The molecule has 0 amide bonds. The van der Waals surface area contributed by atoms with Crippen LogP contribution in [0.25, 0.3) is 0 Å². The van der Waals surface area contributed by atoms with E-state index in [1.54, 1.807) is 24.3 Å². The Morgan fingerprint density at radius 2 is 1.96 bits per heavy atom. The van der Waals surface area contributed by atoms with E-state index in [1.165, 1.54) is 6.42 Å². The minimum atomic E-state index is -3.53. The number of hydrogen-bond donors (Lipinski definition) is 2. The maximum atomic E-state index is 12.8. The lowest BCUT2D eigenvalue weighted by Crippen LogP contribution is -2.53. The van der Waals surface area contributed by atoms with Gasteiger partial charge in [-0.1, -0.05) is 12.5 Å². The number of nitrogens with one attached hydrogen (secondary N) is 1. The van der Waals surface area contributed by atoms with Crippen molar-refractivity contribution in [2.45, 2.75) is 56.0 Å². The van der Waals surface area contributed by atoms with Gasteiger partial charge in [0.05, 0.1) is 11.5 Å². The zero-order valence-electron chi connectivity index (χ0n) is 13.6. The van der Waals surface area contributed by atoms with Crippen molar-refractivity contribution in [1.29, 1.82) is 0 Å². The molecule has 2 aliphatic rings. The molecule has 3 N–H and O–H groups in total. The lowest BCUT2D eigenvalue weighted by atomic mass is 9.67. The van der Waals surface area contributed by atoms with Crippen LogP contribution in [0.1, 0.15) is 39.0 Å². The van der Waals surface area contributed by atoms with Crippen LogP contribution < -0.4 is 15.2 Å². The van der Waals surface area contributed by atoms with Crippen molar-refractivity contribution in [2.24, 2.45) is 17.6 Å². The third-order valence-electron chi connectivity index (χ3n) is 5.09. The molecule has 0 heterocycles. The first-order valence-electron chi connectivity index (χ1n) is 8.50. The van der Waals surface area contributed by atoms with Crippen LogP contribution in [0.15, 0.2) is 29.2 Å². The van der Waals surface area contributed by atoms with E-state index in [9.17, 15) is 8.42 Å². The third-order valence-corrected chi connectivity index (χ3v) is 6.55. The van der Waals surface area contributed by atoms with E-state index >= 15 is 0 Å². The summed E-state index contributed by atoms with van der Waals surface area (Å²) in [5, 5.41) is 0.